The predicted octanol–water partition coefficient (Wildman–Crippen LogP) is 4.83. The van der Waals surface area contributed by atoms with Crippen molar-refractivity contribution in [1.82, 2.24) is 5.32 Å². The lowest BCUT2D eigenvalue weighted by Crippen LogP contribution is -2.34. The van der Waals surface area contributed by atoms with E-state index >= 15 is 0 Å². The van der Waals surface area contributed by atoms with Crippen LogP contribution in [0.2, 0.25) is 5.02 Å². The van der Waals surface area contributed by atoms with Crippen molar-refractivity contribution in [3.05, 3.63) is 34.6 Å². The van der Waals surface area contributed by atoms with Crippen LogP contribution >= 0.6 is 11.6 Å². The van der Waals surface area contributed by atoms with E-state index in [-0.39, 0.29) is 10.8 Å². The molecule has 0 aliphatic heterocycles. The number of rotatable bonds is 5. The summed E-state index contributed by atoms with van der Waals surface area (Å²) < 4.78 is 13.6. The van der Waals surface area contributed by atoms with Crippen molar-refractivity contribution in [3.8, 4) is 0 Å². The molecule has 0 spiro atoms. The van der Waals surface area contributed by atoms with E-state index in [1.807, 2.05) is 6.07 Å². The fraction of sp³-hybridized carbons (Fsp3) is 0.667. The standard InChI is InChI=1S/C18H25ClFN/c1-12-2-4-14(11-21-16-5-6-16)15(8-12)9-13-3-7-17(19)18(20)10-13/h3,7,10,12,14-16,21H,2,4-6,8-9,11H2,1H3. The van der Waals surface area contributed by atoms with E-state index in [4.69, 9.17) is 11.6 Å². The Bertz CT molecular complexity index is 486. The maximum atomic E-state index is 13.6. The Kier molecular flexibility index (Phi) is 4.85. The second-order valence-corrected chi connectivity index (χ2v) is 7.48. The highest BCUT2D eigenvalue weighted by Gasteiger charge is 2.30. The van der Waals surface area contributed by atoms with Gasteiger partial charge < -0.3 is 5.32 Å². The molecule has 21 heavy (non-hydrogen) atoms. The van der Waals surface area contributed by atoms with E-state index in [0.717, 1.165) is 36.4 Å². The second-order valence-electron chi connectivity index (χ2n) is 7.07. The summed E-state index contributed by atoms with van der Waals surface area (Å²) in [6.45, 7) is 3.48. The highest BCUT2D eigenvalue weighted by Crippen LogP contribution is 2.36. The Morgan fingerprint density at radius 2 is 2.00 bits per heavy atom. The molecule has 1 aromatic carbocycles. The summed E-state index contributed by atoms with van der Waals surface area (Å²) in [5.41, 5.74) is 1.09. The summed E-state index contributed by atoms with van der Waals surface area (Å²) in [5, 5.41) is 3.91. The minimum atomic E-state index is -0.286. The van der Waals surface area contributed by atoms with E-state index < -0.39 is 0 Å². The zero-order chi connectivity index (χ0) is 14.8. The zero-order valence-electron chi connectivity index (χ0n) is 12.7. The number of benzene rings is 1. The lowest BCUT2D eigenvalue weighted by Gasteiger charge is -2.35. The van der Waals surface area contributed by atoms with E-state index in [2.05, 4.69) is 12.2 Å². The molecular weight excluding hydrogens is 285 g/mol. The largest absolute Gasteiger partial charge is 0.314 e. The van der Waals surface area contributed by atoms with Crippen LogP contribution < -0.4 is 5.32 Å². The van der Waals surface area contributed by atoms with Crippen LogP contribution in [0.4, 0.5) is 4.39 Å². The van der Waals surface area contributed by atoms with Crippen LogP contribution in [-0.2, 0) is 6.42 Å². The molecule has 1 nitrogen and oxygen atoms in total. The van der Waals surface area contributed by atoms with Crippen molar-refractivity contribution >= 4 is 11.6 Å². The van der Waals surface area contributed by atoms with Crippen molar-refractivity contribution < 1.29 is 4.39 Å². The Morgan fingerprint density at radius 1 is 1.19 bits per heavy atom. The van der Waals surface area contributed by atoms with Gasteiger partial charge in [-0.05, 0) is 74.1 Å². The first-order chi connectivity index (χ1) is 10.1. The molecule has 2 aliphatic rings. The summed E-state index contributed by atoms with van der Waals surface area (Å²) in [6.07, 6.45) is 7.58. The third-order valence-electron chi connectivity index (χ3n) is 5.13. The summed E-state index contributed by atoms with van der Waals surface area (Å²) in [4.78, 5) is 0. The van der Waals surface area contributed by atoms with E-state index in [0.29, 0.717) is 5.92 Å². The number of halogens is 2. The maximum absolute atomic E-state index is 13.6. The van der Waals surface area contributed by atoms with Gasteiger partial charge >= 0.3 is 0 Å². The molecule has 3 heteroatoms. The Labute approximate surface area is 132 Å². The fourth-order valence-electron chi connectivity index (χ4n) is 3.66. The first-order valence-electron chi connectivity index (χ1n) is 8.29. The highest BCUT2D eigenvalue weighted by molar-refractivity contribution is 6.30. The van der Waals surface area contributed by atoms with E-state index in [1.165, 1.54) is 32.1 Å². The SMILES string of the molecule is CC1CCC(CNC2CC2)C(Cc2ccc(Cl)c(F)c2)C1. The Balaban J connectivity index is 1.64. The molecule has 0 saturated heterocycles. The van der Waals surface area contributed by atoms with Gasteiger partial charge in [-0.2, -0.15) is 0 Å². The molecule has 1 aromatic rings. The lowest BCUT2D eigenvalue weighted by atomic mass is 9.72. The average molecular weight is 310 g/mol. The molecular formula is C18H25ClFN. The van der Waals surface area contributed by atoms with Crippen molar-refractivity contribution in [2.24, 2.45) is 17.8 Å². The van der Waals surface area contributed by atoms with Crippen LogP contribution in [0.15, 0.2) is 18.2 Å². The van der Waals surface area contributed by atoms with Gasteiger partial charge in [0.25, 0.3) is 0 Å². The van der Waals surface area contributed by atoms with Gasteiger partial charge in [0.15, 0.2) is 0 Å². The molecule has 3 atom stereocenters. The fourth-order valence-corrected chi connectivity index (χ4v) is 3.77. The molecule has 0 radical (unpaired) electrons. The number of hydrogen-bond acceptors (Lipinski definition) is 1. The zero-order valence-corrected chi connectivity index (χ0v) is 13.5. The average Bonchev–Trinajstić information content (AvgIpc) is 3.26. The van der Waals surface area contributed by atoms with E-state index in [1.54, 1.807) is 12.1 Å². The lowest BCUT2D eigenvalue weighted by molar-refractivity contribution is 0.183. The van der Waals surface area contributed by atoms with Crippen molar-refractivity contribution in [1.29, 1.82) is 0 Å². The van der Waals surface area contributed by atoms with E-state index in [9.17, 15) is 4.39 Å². The first kappa shape index (κ1) is 15.3. The number of nitrogens with one attached hydrogen (secondary N) is 1. The molecule has 1 N–H and O–H groups in total. The van der Waals surface area contributed by atoms with Gasteiger partial charge in [-0.1, -0.05) is 31.0 Å². The summed E-state index contributed by atoms with van der Waals surface area (Å²) in [6, 6.07) is 6.07. The summed E-state index contributed by atoms with van der Waals surface area (Å²) in [5.74, 6) is 1.91. The Morgan fingerprint density at radius 3 is 2.71 bits per heavy atom. The quantitative estimate of drug-likeness (QED) is 0.821. The maximum Gasteiger partial charge on any atom is 0.142 e. The van der Waals surface area contributed by atoms with Crippen LogP contribution in [0.25, 0.3) is 0 Å². The van der Waals surface area contributed by atoms with Gasteiger partial charge in [-0.25, -0.2) is 4.39 Å². The minimum Gasteiger partial charge on any atom is -0.314 e. The third-order valence-corrected chi connectivity index (χ3v) is 5.44. The molecule has 2 aliphatic carbocycles. The van der Waals surface area contributed by atoms with Crippen molar-refractivity contribution in [2.45, 2.75) is 51.5 Å². The number of hydrogen-bond donors (Lipinski definition) is 1. The second kappa shape index (κ2) is 6.66. The smallest absolute Gasteiger partial charge is 0.142 e. The van der Waals surface area contributed by atoms with Gasteiger partial charge in [0, 0.05) is 6.04 Å². The van der Waals surface area contributed by atoms with Crippen molar-refractivity contribution in [2.75, 3.05) is 6.54 Å². The van der Waals surface area contributed by atoms with Crippen molar-refractivity contribution in [3.63, 3.8) is 0 Å². The topological polar surface area (TPSA) is 12.0 Å². The van der Waals surface area contributed by atoms with Crippen LogP contribution in [0.5, 0.6) is 0 Å². The molecule has 3 unspecified atom stereocenters. The van der Waals surface area contributed by atoms with Gasteiger partial charge in [0.2, 0.25) is 0 Å². The monoisotopic (exact) mass is 309 g/mol. The third kappa shape index (κ3) is 4.20. The summed E-state index contributed by atoms with van der Waals surface area (Å²) in [7, 11) is 0. The molecule has 0 heterocycles. The van der Waals surface area contributed by atoms with Crippen LogP contribution in [0, 0.1) is 23.6 Å². The molecule has 2 saturated carbocycles. The summed E-state index contributed by atoms with van der Waals surface area (Å²) >= 11 is 5.78. The van der Waals surface area contributed by atoms with Crippen LogP contribution in [0.1, 0.15) is 44.6 Å². The van der Waals surface area contributed by atoms with Gasteiger partial charge in [-0.3, -0.25) is 0 Å². The Hall–Kier alpha value is -0.600. The van der Waals surface area contributed by atoms with Crippen LogP contribution in [0.3, 0.4) is 0 Å². The van der Waals surface area contributed by atoms with Crippen LogP contribution in [-0.4, -0.2) is 12.6 Å². The molecule has 2 fully saturated rings. The first-order valence-corrected chi connectivity index (χ1v) is 8.67. The molecule has 3 rings (SSSR count). The molecule has 0 bridgehead atoms. The normalized spacial score (nSPS) is 29.6. The molecule has 0 aromatic heterocycles. The molecule has 0 amide bonds. The van der Waals surface area contributed by atoms with Gasteiger partial charge in [0.1, 0.15) is 5.82 Å². The van der Waals surface area contributed by atoms with Gasteiger partial charge in [0.05, 0.1) is 5.02 Å². The van der Waals surface area contributed by atoms with Gasteiger partial charge in [-0.15, -0.1) is 0 Å². The highest BCUT2D eigenvalue weighted by atomic mass is 35.5. The molecule has 116 valence electrons. The predicted molar refractivity (Wildman–Crippen MR) is 86.1 cm³/mol. The minimum absolute atomic E-state index is 0.225.